The van der Waals surface area contributed by atoms with Gasteiger partial charge in [-0.2, -0.15) is 0 Å². The van der Waals surface area contributed by atoms with Crippen LogP contribution in [0.3, 0.4) is 0 Å². The van der Waals surface area contributed by atoms with E-state index in [0.717, 1.165) is 6.92 Å². The number of carbonyl (C=O) groups excluding carboxylic acids is 1. The van der Waals surface area contributed by atoms with E-state index in [9.17, 15) is 101 Å². The van der Waals surface area contributed by atoms with Crippen molar-refractivity contribution >= 4 is 17.8 Å². The minimum absolute atomic E-state index is 0.527. The Morgan fingerprint density at radius 1 is 0.630 bits per heavy atom. The molecule has 0 radical (unpaired) electrons. The first kappa shape index (κ1) is 61.2. The number of ether oxygens (including phenoxy) is 10. The summed E-state index contributed by atoms with van der Waals surface area (Å²) >= 11 is 0. The van der Waals surface area contributed by atoms with E-state index < -0.39 is 235 Å². The van der Waals surface area contributed by atoms with Gasteiger partial charge in [0.15, 0.2) is 18.9 Å². The number of nitrogens with one attached hydrogen (secondary N) is 1. The Labute approximate surface area is 414 Å². The first-order chi connectivity index (χ1) is 34.3. The second-order valence-electron chi connectivity index (χ2n) is 18.6. The van der Waals surface area contributed by atoms with Crippen LogP contribution in [0.5, 0.6) is 0 Å². The monoisotopic (exact) mass is 1070 g/mol. The number of carboxylic acids is 2. The lowest BCUT2D eigenvalue weighted by Gasteiger charge is -2.52. The summed E-state index contributed by atoms with van der Waals surface area (Å²) in [6.07, 6.45) is -45.8. The third-order valence-corrected chi connectivity index (χ3v) is 13.7. The SMILES string of the molecule is CC(=O)NC1C(OC2C(CO)OC(OC3C(CO)OC(OCN)C(O)C3O)C(O)C2OC2(C(=O)O)CC(O)C(C)C([C@H](O)C(CO)OC3(C(=O)O)CC(O)C(C)C([C@H](O)[C@H](O)CO)O3)O2)OC(CO)C(O)C1O. The number of aliphatic hydroxyl groups excluding tert-OH is 15. The van der Waals surface area contributed by atoms with Gasteiger partial charge in [0.1, 0.15) is 97.6 Å². The molecule has 5 aliphatic rings. The number of hydrogen-bond donors (Lipinski definition) is 19. The van der Waals surface area contributed by atoms with E-state index >= 15 is 0 Å². The van der Waals surface area contributed by atoms with Gasteiger partial charge in [0.05, 0.1) is 64.2 Å². The van der Waals surface area contributed by atoms with Crippen LogP contribution in [0.25, 0.3) is 0 Å². The second-order valence-corrected chi connectivity index (χ2v) is 18.6. The fraction of sp³-hybridized carbons (Fsp3) is 0.927. The van der Waals surface area contributed by atoms with E-state index in [1.165, 1.54) is 13.8 Å². The molecule has 0 spiro atoms. The highest BCUT2D eigenvalue weighted by molar-refractivity contribution is 5.76. The van der Waals surface area contributed by atoms with Gasteiger partial charge in [-0.3, -0.25) is 4.79 Å². The van der Waals surface area contributed by atoms with Crippen molar-refractivity contribution in [3.05, 3.63) is 0 Å². The lowest BCUT2D eigenvalue weighted by molar-refractivity contribution is -0.403. The Bertz CT molecular complexity index is 1790. The summed E-state index contributed by atoms with van der Waals surface area (Å²) in [4.78, 5) is 38.8. The molecule has 5 aliphatic heterocycles. The average Bonchev–Trinajstić information content (AvgIpc) is 3.35. The molecule has 73 heavy (non-hydrogen) atoms. The van der Waals surface area contributed by atoms with Crippen molar-refractivity contribution in [3.8, 4) is 0 Å². The summed E-state index contributed by atoms with van der Waals surface area (Å²) in [7, 11) is 0. The van der Waals surface area contributed by atoms with Crippen molar-refractivity contribution < 1.29 is 149 Å². The van der Waals surface area contributed by atoms with Crippen molar-refractivity contribution in [2.75, 3.05) is 39.8 Å². The van der Waals surface area contributed by atoms with Crippen molar-refractivity contribution in [1.29, 1.82) is 0 Å². The molecule has 5 saturated heterocycles. The quantitative estimate of drug-likeness (QED) is 0.0448. The molecule has 24 unspecified atom stereocenters. The second kappa shape index (κ2) is 25.7. The molecule has 5 rings (SSSR count). The molecule has 1 amide bonds. The summed E-state index contributed by atoms with van der Waals surface area (Å²) in [5, 5.41) is 186. The predicted molar refractivity (Wildman–Crippen MR) is 227 cm³/mol. The largest absolute Gasteiger partial charge is 0.477 e. The molecule has 0 aromatic rings. The smallest absolute Gasteiger partial charge is 0.364 e. The van der Waals surface area contributed by atoms with Gasteiger partial charge in [0.2, 0.25) is 5.91 Å². The van der Waals surface area contributed by atoms with E-state index in [1.54, 1.807) is 0 Å². The molecule has 0 saturated carbocycles. The highest BCUT2D eigenvalue weighted by atomic mass is 16.8. The standard InChI is InChI=1S/C41H70N2O30/c1-12-15(50)4-40(38(60)61,71-30(12)23(53)17(52)6-44)70-19(8-46)25(55)31-13(2)16(51)5-41(72-31,39(62)63)73-34-29(59)37(68-32-20(9-47)66-36(64-11-42)28(58)27(32)57)67-21(10-48)33(34)69-35-22(43-14(3)49)26(56)24(54)18(7-45)65-35/h12-13,15-37,44-48,50-59H,4-11,42H2,1-3H3,(H,43,49)(H,60,61)(H,62,63)/t12?,13?,15?,16?,17-,18?,19?,20?,21?,22?,23-,24?,25-,26?,27?,28?,29?,30?,31?,32?,33?,34?,35?,36?,37?,40?,41?/m1/s1. The van der Waals surface area contributed by atoms with E-state index in [1.807, 2.05) is 0 Å². The van der Waals surface area contributed by atoms with Gasteiger partial charge in [-0.05, 0) is 0 Å². The van der Waals surface area contributed by atoms with Gasteiger partial charge in [-0.1, -0.05) is 13.8 Å². The third-order valence-electron chi connectivity index (χ3n) is 13.7. The van der Waals surface area contributed by atoms with Crippen LogP contribution in [-0.2, 0) is 61.8 Å². The van der Waals surface area contributed by atoms with Crippen LogP contribution < -0.4 is 11.1 Å². The summed E-state index contributed by atoms with van der Waals surface area (Å²) in [5.74, 6) is -13.9. The van der Waals surface area contributed by atoms with Crippen LogP contribution in [0.2, 0.25) is 0 Å². The molecule has 20 N–H and O–H groups in total. The molecule has 32 heteroatoms. The van der Waals surface area contributed by atoms with E-state index in [0.29, 0.717) is 0 Å². The Hall–Kier alpha value is -2.63. The molecule has 27 atom stereocenters. The van der Waals surface area contributed by atoms with E-state index in [2.05, 4.69) is 5.32 Å². The zero-order valence-corrected chi connectivity index (χ0v) is 39.6. The highest BCUT2D eigenvalue weighted by Gasteiger charge is 2.62. The molecule has 0 bridgehead atoms. The number of aliphatic hydroxyl groups is 15. The summed E-state index contributed by atoms with van der Waals surface area (Å²) < 4.78 is 57.3. The molecule has 0 aliphatic carbocycles. The number of rotatable bonds is 22. The van der Waals surface area contributed by atoms with Gasteiger partial charge in [0.25, 0.3) is 11.6 Å². The zero-order valence-electron chi connectivity index (χ0n) is 39.6. The maximum atomic E-state index is 13.6. The number of aliphatic carboxylic acids is 2. The number of hydrogen-bond acceptors (Lipinski definition) is 29. The van der Waals surface area contributed by atoms with Gasteiger partial charge >= 0.3 is 11.9 Å². The molecule has 32 nitrogen and oxygen atoms in total. The fourth-order valence-electron chi connectivity index (χ4n) is 9.42. The average molecular weight is 1070 g/mol. The van der Waals surface area contributed by atoms with Crippen LogP contribution in [0, 0.1) is 11.8 Å². The van der Waals surface area contributed by atoms with Crippen LogP contribution in [0.1, 0.15) is 33.6 Å². The van der Waals surface area contributed by atoms with Crippen LogP contribution in [0.4, 0.5) is 0 Å². The Balaban J connectivity index is 1.56. The van der Waals surface area contributed by atoms with E-state index in [-0.39, 0.29) is 0 Å². The lowest BCUT2D eigenvalue weighted by Crippen LogP contribution is -2.70. The number of carboxylic acid groups (broad SMARTS) is 2. The van der Waals surface area contributed by atoms with Gasteiger partial charge in [-0.15, -0.1) is 0 Å². The minimum Gasteiger partial charge on any atom is -0.477 e. The van der Waals surface area contributed by atoms with Gasteiger partial charge in [0, 0.05) is 31.6 Å². The number of carbonyl (C=O) groups is 3. The van der Waals surface area contributed by atoms with E-state index in [4.69, 9.17) is 53.1 Å². The normalized spacial score (nSPS) is 45.2. The first-order valence-corrected chi connectivity index (χ1v) is 23.2. The van der Waals surface area contributed by atoms with Crippen LogP contribution in [0.15, 0.2) is 0 Å². The maximum absolute atomic E-state index is 13.6. The molecule has 0 aromatic heterocycles. The van der Waals surface area contributed by atoms with Gasteiger partial charge in [-0.25, -0.2) is 9.59 Å². The molecular weight excluding hydrogens is 1000 g/mol. The van der Waals surface area contributed by atoms with Crippen molar-refractivity contribution in [3.63, 3.8) is 0 Å². The first-order valence-electron chi connectivity index (χ1n) is 23.2. The molecular formula is C41H70N2O30. The molecule has 5 fully saturated rings. The van der Waals surface area contributed by atoms with Crippen molar-refractivity contribution in [2.45, 2.75) is 186 Å². The summed E-state index contributed by atoms with van der Waals surface area (Å²) in [5.41, 5.74) is 5.39. The summed E-state index contributed by atoms with van der Waals surface area (Å²) in [6, 6.07) is -1.74. The lowest BCUT2D eigenvalue weighted by atomic mass is 9.83. The van der Waals surface area contributed by atoms with Crippen LogP contribution >= 0.6 is 0 Å². The third kappa shape index (κ3) is 12.9. The minimum atomic E-state index is -3.32. The Morgan fingerprint density at radius 3 is 1.66 bits per heavy atom. The zero-order chi connectivity index (χ0) is 54.6. The Kier molecular flexibility index (Phi) is 21.5. The van der Waals surface area contributed by atoms with Crippen LogP contribution in [-0.4, -0.2) is 297 Å². The highest BCUT2D eigenvalue weighted by Crippen LogP contribution is 2.43. The number of amides is 1. The van der Waals surface area contributed by atoms with Crippen molar-refractivity contribution in [1.82, 2.24) is 5.32 Å². The van der Waals surface area contributed by atoms with Gasteiger partial charge < -0.3 is 145 Å². The predicted octanol–water partition coefficient (Wildman–Crippen LogP) is -10.9. The molecule has 0 aromatic carbocycles. The fourth-order valence-corrected chi connectivity index (χ4v) is 9.42. The topological polar surface area (TPSA) is 525 Å². The Morgan fingerprint density at radius 2 is 1.14 bits per heavy atom. The van der Waals surface area contributed by atoms with Crippen molar-refractivity contribution in [2.24, 2.45) is 17.6 Å². The number of nitrogens with two attached hydrogens (primary N) is 1. The molecule has 5 heterocycles. The summed E-state index contributed by atoms with van der Waals surface area (Å²) in [6.45, 7) is -2.49. The molecule has 424 valence electrons. The maximum Gasteiger partial charge on any atom is 0.364 e.